The quantitative estimate of drug-likeness (QED) is 0.495. The highest BCUT2D eigenvalue weighted by Gasteiger charge is 2.39. The predicted molar refractivity (Wildman–Crippen MR) is 107 cm³/mol. The average Bonchev–Trinajstić information content (AvgIpc) is 3.00. The Kier molecular flexibility index (Phi) is 5.10. The van der Waals surface area contributed by atoms with Crippen molar-refractivity contribution < 1.29 is 0 Å². The van der Waals surface area contributed by atoms with Crippen molar-refractivity contribution in [3.63, 3.8) is 0 Å². The van der Waals surface area contributed by atoms with Crippen LogP contribution in [0.3, 0.4) is 0 Å². The van der Waals surface area contributed by atoms with Crippen molar-refractivity contribution in [2.75, 3.05) is 0 Å². The molecule has 0 fully saturated rings. The highest BCUT2D eigenvalue weighted by molar-refractivity contribution is 5.46. The van der Waals surface area contributed by atoms with Crippen molar-refractivity contribution in [1.29, 1.82) is 0 Å². The van der Waals surface area contributed by atoms with Crippen LogP contribution in [0.25, 0.3) is 0 Å². The molecule has 0 aromatic carbocycles. The Morgan fingerprint density at radius 1 is 1.00 bits per heavy atom. The highest BCUT2D eigenvalue weighted by atomic mass is 15.2. The minimum Gasteiger partial charge on any atom is -0.337 e. The number of unbranched alkanes of at least 4 members (excludes halogenated alkanes) is 3. The van der Waals surface area contributed by atoms with E-state index in [1.165, 1.54) is 69.2 Å². The van der Waals surface area contributed by atoms with E-state index in [4.69, 9.17) is 0 Å². The molecule has 1 heteroatoms. The van der Waals surface area contributed by atoms with E-state index in [0.29, 0.717) is 12.0 Å². The van der Waals surface area contributed by atoms with Crippen LogP contribution in [-0.2, 0) is 0 Å². The van der Waals surface area contributed by atoms with Gasteiger partial charge in [-0.05, 0) is 56.3 Å². The lowest BCUT2D eigenvalue weighted by Gasteiger charge is -2.33. The van der Waals surface area contributed by atoms with Gasteiger partial charge in [0.2, 0.25) is 0 Å². The molecular formula is C24H31N. The van der Waals surface area contributed by atoms with Crippen LogP contribution in [0.15, 0.2) is 71.1 Å². The second-order valence-corrected chi connectivity index (χ2v) is 7.80. The molecule has 4 rings (SSSR count). The summed E-state index contributed by atoms with van der Waals surface area (Å²) in [6.07, 6.45) is 30.5. The normalized spacial score (nSPS) is 27.3. The van der Waals surface area contributed by atoms with E-state index in [1.807, 2.05) is 0 Å². The smallest absolute Gasteiger partial charge is 0.0623 e. The van der Waals surface area contributed by atoms with Gasteiger partial charge in [-0.2, -0.15) is 0 Å². The molecule has 0 aromatic rings. The first-order chi connectivity index (χ1) is 12.4. The summed E-state index contributed by atoms with van der Waals surface area (Å²) in [5.74, 6) is 0.588. The molecule has 0 N–H and O–H groups in total. The summed E-state index contributed by atoms with van der Waals surface area (Å²) in [6.45, 7) is 2.29. The molecular weight excluding hydrogens is 302 g/mol. The third-order valence-corrected chi connectivity index (χ3v) is 6.13. The maximum Gasteiger partial charge on any atom is 0.0623 e. The lowest BCUT2D eigenvalue weighted by Crippen LogP contribution is -2.32. The highest BCUT2D eigenvalue weighted by Crippen LogP contribution is 2.45. The fraction of sp³-hybridized carbons (Fsp3) is 0.500. The molecule has 0 spiro atoms. The van der Waals surface area contributed by atoms with E-state index in [9.17, 15) is 0 Å². The molecule has 2 unspecified atom stereocenters. The van der Waals surface area contributed by atoms with E-state index in [0.717, 1.165) is 0 Å². The van der Waals surface area contributed by atoms with Gasteiger partial charge in [-0.1, -0.05) is 68.2 Å². The third kappa shape index (κ3) is 3.34. The first kappa shape index (κ1) is 16.7. The topological polar surface area (TPSA) is 3.24 Å². The minimum absolute atomic E-state index is 0.503. The number of nitrogens with zero attached hydrogens (tertiary/aromatic N) is 1. The monoisotopic (exact) mass is 333 g/mol. The van der Waals surface area contributed by atoms with Crippen molar-refractivity contribution in [3.05, 3.63) is 71.1 Å². The summed E-state index contributed by atoms with van der Waals surface area (Å²) in [4.78, 5) is 2.64. The van der Waals surface area contributed by atoms with Crippen molar-refractivity contribution in [2.45, 2.75) is 70.8 Å². The van der Waals surface area contributed by atoms with Gasteiger partial charge in [0.1, 0.15) is 0 Å². The zero-order valence-corrected chi connectivity index (χ0v) is 15.6. The zero-order chi connectivity index (χ0) is 17.1. The van der Waals surface area contributed by atoms with E-state index in [2.05, 4.69) is 60.4 Å². The van der Waals surface area contributed by atoms with Crippen LogP contribution in [-0.4, -0.2) is 10.9 Å². The molecule has 0 bridgehead atoms. The number of rotatable bonds is 6. The summed E-state index contributed by atoms with van der Waals surface area (Å²) < 4.78 is 0. The lowest BCUT2D eigenvalue weighted by molar-refractivity contribution is 0.357. The van der Waals surface area contributed by atoms with Crippen molar-refractivity contribution in [2.24, 2.45) is 5.92 Å². The van der Waals surface area contributed by atoms with Gasteiger partial charge < -0.3 is 4.90 Å². The summed E-state index contributed by atoms with van der Waals surface area (Å²) in [5.41, 5.74) is 6.32. The molecule has 2 atom stereocenters. The van der Waals surface area contributed by atoms with Crippen LogP contribution >= 0.6 is 0 Å². The fourth-order valence-corrected chi connectivity index (χ4v) is 4.77. The molecule has 0 amide bonds. The molecule has 25 heavy (non-hydrogen) atoms. The number of hydrogen-bond acceptors (Lipinski definition) is 1. The largest absolute Gasteiger partial charge is 0.337 e. The molecule has 0 aromatic heterocycles. The number of hydrogen-bond donors (Lipinski definition) is 0. The summed E-state index contributed by atoms with van der Waals surface area (Å²) >= 11 is 0. The van der Waals surface area contributed by atoms with Crippen LogP contribution in [0, 0.1) is 5.92 Å². The molecule has 1 nitrogen and oxygen atoms in total. The lowest BCUT2D eigenvalue weighted by atomic mass is 9.87. The van der Waals surface area contributed by atoms with Crippen molar-refractivity contribution in [3.8, 4) is 0 Å². The van der Waals surface area contributed by atoms with E-state index in [1.54, 1.807) is 11.1 Å². The molecule has 0 saturated carbocycles. The summed E-state index contributed by atoms with van der Waals surface area (Å²) in [6, 6.07) is 0.503. The Morgan fingerprint density at radius 2 is 1.92 bits per heavy atom. The summed E-state index contributed by atoms with van der Waals surface area (Å²) in [7, 11) is 0. The molecule has 1 aliphatic heterocycles. The Labute approximate surface area is 153 Å². The van der Waals surface area contributed by atoms with Gasteiger partial charge in [0, 0.05) is 17.3 Å². The molecule has 132 valence electrons. The fourth-order valence-electron chi connectivity index (χ4n) is 4.77. The van der Waals surface area contributed by atoms with Crippen LogP contribution in [0.2, 0.25) is 0 Å². The number of allylic oxidation sites excluding steroid dienone is 8. The van der Waals surface area contributed by atoms with Crippen LogP contribution in [0.5, 0.6) is 0 Å². The number of fused-ring (bicyclic) bond motifs is 2. The van der Waals surface area contributed by atoms with Gasteiger partial charge in [-0.3, -0.25) is 0 Å². The second-order valence-electron chi connectivity index (χ2n) is 7.80. The Bertz CT molecular complexity index is 683. The maximum atomic E-state index is 2.64. The van der Waals surface area contributed by atoms with Gasteiger partial charge in [-0.15, -0.1) is 0 Å². The van der Waals surface area contributed by atoms with Gasteiger partial charge in [0.25, 0.3) is 0 Å². The Hall–Kier alpha value is -1.76. The van der Waals surface area contributed by atoms with Crippen molar-refractivity contribution >= 4 is 0 Å². The molecule has 4 aliphatic rings. The van der Waals surface area contributed by atoms with Crippen molar-refractivity contribution in [1.82, 2.24) is 4.90 Å². The SMILES string of the molecule is CCCCCCC1=CC=C(N2C3=C(CCC=C3)C3C=CC=CC32)CC1. The molecule has 0 saturated heterocycles. The standard InChI is InChI=1S/C24H31N/c1-2-3-4-5-10-19-15-17-20(18-16-19)25-23-13-8-6-11-21(23)22-12-7-9-14-24(22)25/h6,8-9,11,13-15,17,21,23H,2-5,7,10,12,16,18H2,1H3. The van der Waals surface area contributed by atoms with E-state index in [-0.39, 0.29) is 0 Å². The zero-order valence-electron chi connectivity index (χ0n) is 15.6. The van der Waals surface area contributed by atoms with E-state index >= 15 is 0 Å². The van der Waals surface area contributed by atoms with Gasteiger partial charge in [0.15, 0.2) is 0 Å². The Morgan fingerprint density at radius 3 is 2.76 bits per heavy atom. The summed E-state index contributed by atoms with van der Waals surface area (Å²) in [5, 5.41) is 0. The Balaban J connectivity index is 1.51. The average molecular weight is 334 g/mol. The molecule has 0 radical (unpaired) electrons. The first-order valence-corrected chi connectivity index (χ1v) is 10.3. The first-order valence-electron chi connectivity index (χ1n) is 10.3. The molecule has 1 heterocycles. The predicted octanol–water partition coefficient (Wildman–Crippen LogP) is 6.59. The van der Waals surface area contributed by atoms with Gasteiger partial charge >= 0.3 is 0 Å². The minimum atomic E-state index is 0.503. The maximum absolute atomic E-state index is 2.64. The van der Waals surface area contributed by atoms with Crippen LogP contribution in [0.1, 0.15) is 64.7 Å². The van der Waals surface area contributed by atoms with Crippen LogP contribution in [0.4, 0.5) is 0 Å². The van der Waals surface area contributed by atoms with Crippen LogP contribution < -0.4 is 0 Å². The third-order valence-electron chi connectivity index (χ3n) is 6.13. The van der Waals surface area contributed by atoms with E-state index < -0.39 is 0 Å². The molecule has 3 aliphatic carbocycles. The van der Waals surface area contributed by atoms with Gasteiger partial charge in [-0.25, -0.2) is 0 Å². The van der Waals surface area contributed by atoms with Gasteiger partial charge in [0.05, 0.1) is 6.04 Å². The second kappa shape index (κ2) is 7.64.